The first-order valence-electron chi connectivity index (χ1n) is 8.00. The second-order valence-corrected chi connectivity index (χ2v) is 6.57. The van der Waals surface area contributed by atoms with E-state index in [0.29, 0.717) is 5.82 Å². The summed E-state index contributed by atoms with van der Waals surface area (Å²) >= 11 is 1.61. The van der Waals surface area contributed by atoms with Crippen LogP contribution in [0.1, 0.15) is 34.1 Å². The number of aromatic carboxylic acids is 1. The number of thiophene rings is 1. The van der Waals surface area contributed by atoms with E-state index in [1.807, 2.05) is 30.7 Å². The molecular weight excluding hydrogens is 334 g/mol. The molecule has 0 aliphatic rings. The second-order valence-electron chi connectivity index (χ2n) is 5.79. The first-order chi connectivity index (χ1) is 12.0. The normalized spacial score (nSPS) is 10.7. The van der Waals surface area contributed by atoms with Crippen molar-refractivity contribution < 1.29 is 9.90 Å². The summed E-state index contributed by atoms with van der Waals surface area (Å²) in [6.45, 7) is 5.94. The molecule has 0 fully saturated rings. The number of carboxylic acids is 1. The van der Waals surface area contributed by atoms with Gasteiger partial charge in [-0.3, -0.25) is 0 Å². The molecule has 25 heavy (non-hydrogen) atoms. The highest BCUT2D eigenvalue weighted by molar-refractivity contribution is 7.08. The van der Waals surface area contributed by atoms with Gasteiger partial charge in [-0.15, -0.1) is 0 Å². The number of nitrogens with one attached hydrogen (secondary N) is 1. The average Bonchev–Trinajstić information content (AvgIpc) is 3.10. The van der Waals surface area contributed by atoms with Crippen molar-refractivity contribution in [2.45, 2.75) is 27.2 Å². The van der Waals surface area contributed by atoms with Crippen molar-refractivity contribution in [1.82, 2.24) is 9.97 Å². The molecule has 2 heterocycles. The van der Waals surface area contributed by atoms with Gasteiger partial charge in [-0.25, -0.2) is 14.8 Å². The Labute approximate surface area is 150 Å². The number of benzene rings is 1. The first-order valence-corrected chi connectivity index (χ1v) is 8.95. The predicted octanol–water partition coefficient (Wildman–Crippen LogP) is 4.83. The summed E-state index contributed by atoms with van der Waals surface area (Å²) in [7, 11) is 0. The van der Waals surface area contributed by atoms with Crippen LogP contribution in [-0.2, 0) is 6.42 Å². The Kier molecular flexibility index (Phi) is 4.81. The van der Waals surface area contributed by atoms with Crippen LogP contribution in [0.25, 0.3) is 11.4 Å². The number of carboxylic acid groups (broad SMARTS) is 1. The molecule has 3 aromatic rings. The molecule has 3 rings (SSSR count). The molecule has 0 bridgehead atoms. The van der Waals surface area contributed by atoms with Crippen molar-refractivity contribution >= 4 is 28.8 Å². The Bertz CT molecular complexity index is 921. The lowest BCUT2D eigenvalue weighted by atomic mass is 10.1. The zero-order valence-corrected chi connectivity index (χ0v) is 15.1. The van der Waals surface area contributed by atoms with Gasteiger partial charge < -0.3 is 10.4 Å². The van der Waals surface area contributed by atoms with Gasteiger partial charge >= 0.3 is 5.97 Å². The van der Waals surface area contributed by atoms with E-state index in [2.05, 4.69) is 17.2 Å². The summed E-state index contributed by atoms with van der Waals surface area (Å²) in [5.41, 5.74) is 4.97. The summed E-state index contributed by atoms with van der Waals surface area (Å²) < 4.78 is 0. The van der Waals surface area contributed by atoms with Gasteiger partial charge in [0.05, 0.1) is 5.56 Å². The van der Waals surface area contributed by atoms with Gasteiger partial charge in [0.2, 0.25) is 0 Å². The van der Waals surface area contributed by atoms with Crippen LogP contribution in [0, 0.1) is 13.8 Å². The number of carbonyl (C=O) groups is 1. The summed E-state index contributed by atoms with van der Waals surface area (Å²) in [6.07, 6.45) is 0.810. The molecule has 0 amide bonds. The first kappa shape index (κ1) is 17.1. The number of nitrogens with zero attached hydrogens (tertiary/aromatic N) is 2. The van der Waals surface area contributed by atoms with Gasteiger partial charge in [0, 0.05) is 27.9 Å². The van der Waals surface area contributed by atoms with Gasteiger partial charge in [0.15, 0.2) is 5.82 Å². The van der Waals surface area contributed by atoms with Crippen LogP contribution in [0.15, 0.2) is 35.0 Å². The minimum absolute atomic E-state index is 0.275. The molecule has 2 N–H and O–H groups in total. The average molecular weight is 353 g/mol. The quantitative estimate of drug-likeness (QED) is 0.687. The van der Waals surface area contributed by atoms with Crippen LogP contribution in [0.4, 0.5) is 11.5 Å². The van der Waals surface area contributed by atoms with E-state index in [1.54, 1.807) is 29.5 Å². The maximum Gasteiger partial charge on any atom is 0.335 e. The Balaban J connectivity index is 2.03. The van der Waals surface area contributed by atoms with Crippen LogP contribution in [0.2, 0.25) is 0 Å². The number of hydrogen-bond acceptors (Lipinski definition) is 5. The van der Waals surface area contributed by atoms with E-state index < -0.39 is 5.97 Å². The third-order valence-electron chi connectivity index (χ3n) is 4.07. The molecule has 5 nitrogen and oxygen atoms in total. The van der Waals surface area contributed by atoms with Crippen molar-refractivity contribution in [2.75, 3.05) is 5.32 Å². The summed E-state index contributed by atoms with van der Waals surface area (Å²) in [5, 5.41) is 16.5. The molecule has 0 saturated carbocycles. The summed E-state index contributed by atoms with van der Waals surface area (Å²) in [5.74, 6) is 0.530. The second kappa shape index (κ2) is 7.03. The van der Waals surface area contributed by atoms with E-state index in [0.717, 1.165) is 40.3 Å². The van der Waals surface area contributed by atoms with Crippen molar-refractivity contribution in [3.05, 3.63) is 57.4 Å². The smallest absolute Gasteiger partial charge is 0.335 e. The van der Waals surface area contributed by atoms with E-state index >= 15 is 0 Å². The molecule has 2 aromatic heterocycles. The van der Waals surface area contributed by atoms with Gasteiger partial charge in [-0.2, -0.15) is 11.3 Å². The van der Waals surface area contributed by atoms with Crippen LogP contribution < -0.4 is 5.32 Å². The lowest BCUT2D eigenvalue weighted by molar-refractivity contribution is 0.0697. The number of anilines is 2. The maximum atomic E-state index is 11.1. The number of hydrogen-bond donors (Lipinski definition) is 2. The predicted molar refractivity (Wildman–Crippen MR) is 101 cm³/mol. The molecule has 0 spiro atoms. The fraction of sp³-hybridized carbons (Fsp3) is 0.211. The maximum absolute atomic E-state index is 11.1. The Morgan fingerprint density at radius 2 is 2.04 bits per heavy atom. The van der Waals surface area contributed by atoms with E-state index in [1.165, 1.54) is 0 Å². The SMILES string of the molecule is CCc1c(C)nc(-c2ccsc2)nc1Nc1ccc(C(=O)O)cc1C. The lowest BCUT2D eigenvalue weighted by Gasteiger charge is -2.15. The monoisotopic (exact) mass is 353 g/mol. The zero-order valence-electron chi connectivity index (χ0n) is 14.3. The topological polar surface area (TPSA) is 75.1 Å². The minimum atomic E-state index is -0.929. The molecule has 6 heteroatoms. The van der Waals surface area contributed by atoms with Gasteiger partial charge in [0.25, 0.3) is 0 Å². The molecule has 0 radical (unpaired) electrons. The summed E-state index contributed by atoms with van der Waals surface area (Å²) in [6, 6.07) is 7.03. The van der Waals surface area contributed by atoms with Crippen molar-refractivity contribution in [3.8, 4) is 11.4 Å². The molecule has 0 atom stereocenters. The largest absolute Gasteiger partial charge is 0.478 e. The van der Waals surface area contributed by atoms with Crippen LogP contribution in [-0.4, -0.2) is 21.0 Å². The third kappa shape index (κ3) is 3.53. The highest BCUT2D eigenvalue weighted by Gasteiger charge is 2.14. The Hall–Kier alpha value is -2.73. The van der Waals surface area contributed by atoms with Crippen molar-refractivity contribution in [3.63, 3.8) is 0 Å². The van der Waals surface area contributed by atoms with Gasteiger partial charge in [-0.05, 0) is 55.5 Å². The number of aromatic nitrogens is 2. The number of aryl methyl sites for hydroxylation is 2. The van der Waals surface area contributed by atoms with Crippen LogP contribution >= 0.6 is 11.3 Å². The Morgan fingerprint density at radius 1 is 1.24 bits per heavy atom. The molecule has 0 aliphatic carbocycles. The minimum Gasteiger partial charge on any atom is -0.478 e. The molecule has 0 unspecified atom stereocenters. The van der Waals surface area contributed by atoms with Crippen molar-refractivity contribution in [2.24, 2.45) is 0 Å². The Morgan fingerprint density at radius 3 is 2.64 bits per heavy atom. The fourth-order valence-corrected chi connectivity index (χ4v) is 3.34. The summed E-state index contributed by atoms with van der Waals surface area (Å²) in [4.78, 5) is 20.4. The van der Waals surface area contributed by atoms with Crippen molar-refractivity contribution in [1.29, 1.82) is 0 Å². The number of rotatable bonds is 5. The highest BCUT2D eigenvalue weighted by atomic mass is 32.1. The molecular formula is C19H19N3O2S. The highest BCUT2D eigenvalue weighted by Crippen LogP contribution is 2.28. The van der Waals surface area contributed by atoms with E-state index in [-0.39, 0.29) is 5.56 Å². The van der Waals surface area contributed by atoms with Gasteiger partial charge in [-0.1, -0.05) is 6.92 Å². The fourth-order valence-electron chi connectivity index (χ4n) is 2.71. The standard InChI is InChI=1S/C19H19N3O2S/c1-4-15-12(3)20-17(14-7-8-25-10-14)22-18(15)21-16-6-5-13(19(23)24)9-11(16)2/h5-10H,4H2,1-3H3,(H,23,24)(H,20,21,22). The molecule has 0 aliphatic heterocycles. The van der Waals surface area contributed by atoms with E-state index in [4.69, 9.17) is 10.1 Å². The molecule has 1 aromatic carbocycles. The zero-order chi connectivity index (χ0) is 18.0. The van der Waals surface area contributed by atoms with Crippen LogP contribution in [0.5, 0.6) is 0 Å². The lowest BCUT2D eigenvalue weighted by Crippen LogP contribution is -2.06. The van der Waals surface area contributed by atoms with Gasteiger partial charge in [0.1, 0.15) is 5.82 Å². The third-order valence-corrected chi connectivity index (χ3v) is 4.76. The van der Waals surface area contributed by atoms with Crippen LogP contribution in [0.3, 0.4) is 0 Å². The van der Waals surface area contributed by atoms with E-state index in [9.17, 15) is 4.79 Å². The molecule has 0 saturated heterocycles. The molecule has 128 valence electrons.